The summed E-state index contributed by atoms with van der Waals surface area (Å²) in [5, 5.41) is 12.1. The van der Waals surface area contributed by atoms with Crippen molar-refractivity contribution >= 4 is 11.9 Å². The van der Waals surface area contributed by atoms with Crippen LogP contribution < -0.4 is 5.32 Å². The van der Waals surface area contributed by atoms with Crippen molar-refractivity contribution in [2.24, 2.45) is 0 Å². The van der Waals surface area contributed by atoms with Crippen molar-refractivity contribution in [3.63, 3.8) is 0 Å². The van der Waals surface area contributed by atoms with Crippen LogP contribution in [0.2, 0.25) is 0 Å². The van der Waals surface area contributed by atoms with E-state index < -0.39 is 17.9 Å². The minimum atomic E-state index is -1.09. The van der Waals surface area contributed by atoms with Gasteiger partial charge in [0, 0.05) is 6.42 Å². The minimum absolute atomic E-state index is 0.374. The van der Waals surface area contributed by atoms with E-state index in [9.17, 15) is 14.7 Å². The summed E-state index contributed by atoms with van der Waals surface area (Å²) in [7, 11) is 0. The zero-order chi connectivity index (χ0) is 16.3. The highest BCUT2D eigenvalue weighted by Gasteiger charge is 2.26. The summed E-state index contributed by atoms with van der Waals surface area (Å²) in [4.78, 5) is 23.9. The SMILES string of the molecule is CCc1occc1C(=O)NC(C(=O)O)c1cccc(C)c1C. The third-order valence-corrected chi connectivity index (χ3v) is 3.79. The number of nitrogens with one attached hydrogen (secondary N) is 1. The molecule has 1 aromatic heterocycles. The second-order valence-corrected chi connectivity index (χ2v) is 5.14. The van der Waals surface area contributed by atoms with Gasteiger partial charge in [-0.2, -0.15) is 0 Å². The van der Waals surface area contributed by atoms with E-state index >= 15 is 0 Å². The van der Waals surface area contributed by atoms with Gasteiger partial charge in [-0.05, 0) is 36.6 Å². The second kappa shape index (κ2) is 6.47. The number of aryl methyl sites for hydroxylation is 2. The molecule has 1 amide bonds. The number of furan rings is 1. The maximum atomic E-state index is 12.3. The Morgan fingerprint density at radius 2 is 2.00 bits per heavy atom. The summed E-state index contributed by atoms with van der Waals surface area (Å²) in [6, 6.07) is 5.88. The number of aliphatic carboxylic acids is 1. The van der Waals surface area contributed by atoms with Crippen molar-refractivity contribution in [2.75, 3.05) is 0 Å². The number of benzene rings is 1. The van der Waals surface area contributed by atoms with Crippen LogP contribution in [0.25, 0.3) is 0 Å². The molecule has 2 N–H and O–H groups in total. The molecule has 0 spiro atoms. The summed E-state index contributed by atoms with van der Waals surface area (Å²) in [6.45, 7) is 5.63. The number of hydrogen-bond acceptors (Lipinski definition) is 3. The van der Waals surface area contributed by atoms with Gasteiger partial charge in [0.1, 0.15) is 5.76 Å². The number of rotatable bonds is 5. The van der Waals surface area contributed by atoms with E-state index in [4.69, 9.17) is 4.42 Å². The van der Waals surface area contributed by atoms with E-state index in [0.29, 0.717) is 23.3 Å². The van der Waals surface area contributed by atoms with Crippen molar-refractivity contribution in [3.8, 4) is 0 Å². The fraction of sp³-hybridized carbons (Fsp3) is 0.294. The van der Waals surface area contributed by atoms with Crippen molar-refractivity contribution in [2.45, 2.75) is 33.2 Å². The first-order valence-electron chi connectivity index (χ1n) is 7.11. The van der Waals surface area contributed by atoms with Gasteiger partial charge in [0.2, 0.25) is 0 Å². The molecule has 0 bridgehead atoms. The molecular formula is C17H19NO4. The van der Waals surface area contributed by atoms with Gasteiger partial charge < -0.3 is 14.8 Å². The van der Waals surface area contributed by atoms with Crippen LogP contribution in [0.1, 0.15) is 45.8 Å². The van der Waals surface area contributed by atoms with Gasteiger partial charge in [-0.25, -0.2) is 4.79 Å². The Morgan fingerprint density at radius 1 is 1.27 bits per heavy atom. The van der Waals surface area contributed by atoms with Crippen LogP contribution in [0.15, 0.2) is 34.9 Å². The summed E-state index contributed by atoms with van der Waals surface area (Å²) < 4.78 is 5.22. The topological polar surface area (TPSA) is 79.5 Å². The molecule has 1 unspecified atom stereocenters. The molecule has 1 heterocycles. The fourth-order valence-electron chi connectivity index (χ4n) is 2.38. The summed E-state index contributed by atoms with van der Waals surface area (Å²) in [5.74, 6) is -0.995. The molecule has 0 aliphatic rings. The Labute approximate surface area is 129 Å². The smallest absolute Gasteiger partial charge is 0.330 e. The molecule has 2 rings (SSSR count). The van der Waals surface area contributed by atoms with E-state index in [-0.39, 0.29) is 0 Å². The zero-order valence-electron chi connectivity index (χ0n) is 12.8. The lowest BCUT2D eigenvalue weighted by atomic mass is 9.97. The zero-order valence-corrected chi connectivity index (χ0v) is 12.8. The molecule has 0 saturated carbocycles. The third-order valence-electron chi connectivity index (χ3n) is 3.79. The predicted octanol–water partition coefficient (Wildman–Crippen LogP) is 3.01. The van der Waals surface area contributed by atoms with Gasteiger partial charge in [0.05, 0.1) is 11.8 Å². The molecule has 2 aromatic rings. The standard InChI is InChI=1S/C17H19NO4/c1-4-14-13(8-9-22-14)16(19)18-15(17(20)21)12-7-5-6-10(2)11(12)3/h5-9,15H,4H2,1-3H3,(H,18,19)(H,20,21). The van der Waals surface area contributed by atoms with Crippen LogP contribution in [-0.4, -0.2) is 17.0 Å². The van der Waals surface area contributed by atoms with E-state index in [1.54, 1.807) is 18.2 Å². The van der Waals surface area contributed by atoms with E-state index in [1.165, 1.54) is 6.26 Å². The van der Waals surface area contributed by atoms with E-state index in [0.717, 1.165) is 11.1 Å². The number of carboxylic acids is 1. The molecule has 116 valence electrons. The van der Waals surface area contributed by atoms with Gasteiger partial charge in [-0.15, -0.1) is 0 Å². The Hall–Kier alpha value is -2.56. The largest absolute Gasteiger partial charge is 0.479 e. The molecule has 5 heteroatoms. The highest BCUT2D eigenvalue weighted by Crippen LogP contribution is 2.22. The van der Waals surface area contributed by atoms with Crippen LogP contribution in [0.5, 0.6) is 0 Å². The lowest BCUT2D eigenvalue weighted by molar-refractivity contribution is -0.139. The average molecular weight is 301 g/mol. The quantitative estimate of drug-likeness (QED) is 0.889. The van der Waals surface area contributed by atoms with Crippen molar-refractivity contribution in [1.29, 1.82) is 0 Å². The van der Waals surface area contributed by atoms with Crippen LogP contribution in [-0.2, 0) is 11.2 Å². The Kier molecular flexibility index (Phi) is 4.65. The summed E-state index contributed by atoms with van der Waals surface area (Å²) in [5.41, 5.74) is 2.80. The molecule has 0 aliphatic heterocycles. The lowest BCUT2D eigenvalue weighted by Crippen LogP contribution is -2.34. The normalized spacial score (nSPS) is 12.0. The van der Waals surface area contributed by atoms with Crippen LogP contribution in [0, 0.1) is 13.8 Å². The van der Waals surface area contributed by atoms with Crippen LogP contribution in [0.4, 0.5) is 0 Å². The maximum Gasteiger partial charge on any atom is 0.330 e. The molecule has 0 saturated heterocycles. The van der Waals surface area contributed by atoms with Gasteiger partial charge in [-0.1, -0.05) is 25.1 Å². The van der Waals surface area contributed by atoms with Crippen molar-refractivity contribution in [1.82, 2.24) is 5.32 Å². The van der Waals surface area contributed by atoms with Gasteiger partial charge in [-0.3, -0.25) is 4.79 Å². The lowest BCUT2D eigenvalue weighted by Gasteiger charge is -2.18. The molecular weight excluding hydrogens is 282 g/mol. The first kappa shape index (κ1) is 15.8. The first-order valence-corrected chi connectivity index (χ1v) is 7.11. The maximum absolute atomic E-state index is 12.3. The summed E-state index contributed by atoms with van der Waals surface area (Å²) >= 11 is 0. The Bertz CT molecular complexity index is 702. The number of carbonyl (C=O) groups excluding carboxylic acids is 1. The second-order valence-electron chi connectivity index (χ2n) is 5.14. The van der Waals surface area contributed by atoms with Gasteiger partial charge in [0.25, 0.3) is 5.91 Å². The molecule has 0 radical (unpaired) electrons. The Morgan fingerprint density at radius 3 is 2.64 bits per heavy atom. The molecule has 5 nitrogen and oxygen atoms in total. The molecule has 22 heavy (non-hydrogen) atoms. The molecule has 1 aromatic carbocycles. The number of carboxylic acid groups (broad SMARTS) is 1. The number of hydrogen-bond donors (Lipinski definition) is 2. The molecule has 0 fully saturated rings. The van der Waals surface area contributed by atoms with Crippen molar-refractivity contribution in [3.05, 3.63) is 58.5 Å². The number of amides is 1. The number of carbonyl (C=O) groups is 2. The highest BCUT2D eigenvalue weighted by atomic mass is 16.4. The van der Waals surface area contributed by atoms with E-state index in [2.05, 4.69) is 5.32 Å². The minimum Gasteiger partial charge on any atom is -0.479 e. The van der Waals surface area contributed by atoms with Gasteiger partial charge >= 0.3 is 5.97 Å². The first-order chi connectivity index (χ1) is 10.5. The van der Waals surface area contributed by atoms with Gasteiger partial charge in [0.15, 0.2) is 6.04 Å². The molecule has 1 atom stereocenters. The highest BCUT2D eigenvalue weighted by molar-refractivity contribution is 5.97. The third kappa shape index (κ3) is 3.03. The predicted molar refractivity (Wildman–Crippen MR) is 81.8 cm³/mol. The Balaban J connectivity index is 2.32. The van der Waals surface area contributed by atoms with Crippen LogP contribution in [0.3, 0.4) is 0 Å². The molecule has 0 aliphatic carbocycles. The van der Waals surface area contributed by atoms with Crippen molar-refractivity contribution < 1.29 is 19.1 Å². The average Bonchev–Trinajstić information content (AvgIpc) is 2.96. The monoisotopic (exact) mass is 301 g/mol. The van der Waals surface area contributed by atoms with E-state index in [1.807, 2.05) is 26.8 Å². The van der Waals surface area contributed by atoms with Crippen LogP contribution >= 0.6 is 0 Å². The fourth-order valence-corrected chi connectivity index (χ4v) is 2.38. The summed E-state index contributed by atoms with van der Waals surface area (Å²) in [6.07, 6.45) is 2.00.